The van der Waals surface area contributed by atoms with E-state index in [1.165, 1.54) is 0 Å². The lowest BCUT2D eigenvalue weighted by Gasteiger charge is -2.08. The molecule has 7 heteroatoms. The van der Waals surface area contributed by atoms with Crippen molar-refractivity contribution in [1.82, 2.24) is 30.6 Å². The van der Waals surface area contributed by atoms with Crippen molar-refractivity contribution in [1.29, 1.82) is 0 Å². The molecule has 2 rings (SSSR count). The van der Waals surface area contributed by atoms with Gasteiger partial charge in [-0.05, 0) is 6.92 Å². The van der Waals surface area contributed by atoms with Gasteiger partial charge >= 0.3 is 0 Å². The molecule has 0 aliphatic rings. The second-order valence-electron chi connectivity index (χ2n) is 2.73. The fourth-order valence-electron chi connectivity index (χ4n) is 1.01. The van der Waals surface area contributed by atoms with E-state index in [1.807, 2.05) is 6.92 Å². The summed E-state index contributed by atoms with van der Waals surface area (Å²) in [6.45, 7) is 1.92. The fraction of sp³-hybridized carbons (Fsp3) is 0.286. The molecule has 0 aliphatic heterocycles. The molecule has 0 fully saturated rings. The highest BCUT2D eigenvalue weighted by Crippen LogP contribution is 2.10. The lowest BCUT2D eigenvalue weighted by atomic mass is 10.3. The number of rotatable bonds is 3. The summed E-state index contributed by atoms with van der Waals surface area (Å²) in [5.74, 6) is 1.28. The molecule has 2 aromatic rings. The Bertz CT molecular complexity index is 370. The van der Waals surface area contributed by atoms with Crippen molar-refractivity contribution in [3.63, 3.8) is 0 Å². The topological polar surface area (TPSA) is 92.3 Å². The summed E-state index contributed by atoms with van der Waals surface area (Å²) in [6, 6.07) is -0.0505. The van der Waals surface area contributed by atoms with E-state index in [4.69, 9.17) is 0 Å². The van der Waals surface area contributed by atoms with Gasteiger partial charge < -0.3 is 5.32 Å². The van der Waals surface area contributed by atoms with Crippen LogP contribution in [0.4, 0.5) is 5.82 Å². The molecule has 1 unspecified atom stereocenters. The highest BCUT2D eigenvalue weighted by atomic mass is 15.5. The molecule has 1 atom stereocenters. The van der Waals surface area contributed by atoms with Crippen molar-refractivity contribution < 1.29 is 0 Å². The Labute approximate surface area is 80.0 Å². The number of H-pyrrole nitrogens is 1. The Hall–Kier alpha value is -2.05. The Morgan fingerprint density at radius 1 is 1.43 bits per heavy atom. The van der Waals surface area contributed by atoms with Crippen LogP contribution in [0.1, 0.15) is 18.8 Å². The first-order valence-electron chi connectivity index (χ1n) is 4.12. The van der Waals surface area contributed by atoms with E-state index < -0.39 is 0 Å². The van der Waals surface area contributed by atoms with Gasteiger partial charge in [-0.1, -0.05) is 5.21 Å². The van der Waals surface area contributed by atoms with Crippen LogP contribution in [0.2, 0.25) is 0 Å². The van der Waals surface area contributed by atoms with Gasteiger partial charge in [0.2, 0.25) is 0 Å². The third kappa shape index (κ3) is 1.82. The van der Waals surface area contributed by atoms with Crippen molar-refractivity contribution in [3.8, 4) is 0 Å². The standard InChI is InChI=1S/C7H9N7/c1-5(7-11-13-14-12-7)10-6-4-8-2-3-9-6/h2-5H,1H3,(H,9,10)(H,11,12,13,14). The average Bonchev–Trinajstić information content (AvgIpc) is 2.72. The van der Waals surface area contributed by atoms with Gasteiger partial charge in [0.1, 0.15) is 5.82 Å². The van der Waals surface area contributed by atoms with E-state index in [0.717, 1.165) is 0 Å². The second-order valence-corrected chi connectivity index (χ2v) is 2.73. The first kappa shape index (κ1) is 8.54. The molecule has 0 saturated heterocycles. The van der Waals surface area contributed by atoms with Crippen LogP contribution in [-0.4, -0.2) is 30.6 Å². The van der Waals surface area contributed by atoms with Gasteiger partial charge in [0.05, 0.1) is 12.2 Å². The molecule has 2 N–H and O–H groups in total. The molecule has 0 aliphatic carbocycles. The van der Waals surface area contributed by atoms with Crippen LogP contribution in [0.25, 0.3) is 0 Å². The Balaban J connectivity index is 2.06. The number of aromatic amines is 1. The lowest BCUT2D eigenvalue weighted by molar-refractivity contribution is 0.786. The van der Waals surface area contributed by atoms with Gasteiger partial charge in [-0.2, -0.15) is 5.21 Å². The summed E-state index contributed by atoms with van der Waals surface area (Å²) in [6.07, 6.45) is 4.87. The highest BCUT2D eigenvalue weighted by Gasteiger charge is 2.09. The second kappa shape index (κ2) is 3.77. The molecule has 0 aromatic carbocycles. The lowest BCUT2D eigenvalue weighted by Crippen LogP contribution is -2.09. The zero-order valence-corrected chi connectivity index (χ0v) is 7.55. The molecule has 2 aromatic heterocycles. The Morgan fingerprint density at radius 2 is 2.36 bits per heavy atom. The molecule has 0 radical (unpaired) electrons. The maximum atomic E-state index is 4.07. The number of nitrogens with zero attached hydrogens (tertiary/aromatic N) is 5. The van der Waals surface area contributed by atoms with Crippen LogP contribution in [0, 0.1) is 0 Å². The largest absolute Gasteiger partial charge is 0.359 e. The van der Waals surface area contributed by atoms with Crippen LogP contribution >= 0.6 is 0 Å². The van der Waals surface area contributed by atoms with Gasteiger partial charge in [0.15, 0.2) is 5.82 Å². The van der Waals surface area contributed by atoms with Crippen LogP contribution < -0.4 is 5.32 Å². The maximum Gasteiger partial charge on any atom is 0.196 e. The molecule has 0 spiro atoms. The average molecular weight is 191 g/mol. The predicted molar refractivity (Wildman–Crippen MR) is 48.2 cm³/mol. The SMILES string of the molecule is CC(Nc1cnccn1)c1nn[nH]n1. The molecule has 14 heavy (non-hydrogen) atoms. The molecular formula is C7H9N7. The molecule has 7 nitrogen and oxygen atoms in total. The summed E-state index contributed by atoms with van der Waals surface area (Å²) >= 11 is 0. The Kier molecular flexibility index (Phi) is 2.30. The summed E-state index contributed by atoms with van der Waals surface area (Å²) < 4.78 is 0. The van der Waals surface area contributed by atoms with Gasteiger partial charge in [0.25, 0.3) is 0 Å². The van der Waals surface area contributed by atoms with Gasteiger partial charge in [-0.3, -0.25) is 4.98 Å². The van der Waals surface area contributed by atoms with E-state index in [-0.39, 0.29) is 6.04 Å². The zero-order valence-electron chi connectivity index (χ0n) is 7.55. The van der Waals surface area contributed by atoms with Crippen molar-refractivity contribution >= 4 is 5.82 Å². The van der Waals surface area contributed by atoms with E-state index in [2.05, 4.69) is 35.9 Å². The van der Waals surface area contributed by atoms with Crippen molar-refractivity contribution in [2.24, 2.45) is 0 Å². The highest BCUT2D eigenvalue weighted by molar-refractivity contribution is 5.31. The zero-order chi connectivity index (χ0) is 9.80. The van der Waals surface area contributed by atoms with E-state index >= 15 is 0 Å². The third-order valence-corrected chi connectivity index (χ3v) is 1.68. The van der Waals surface area contributed by atoms with Crippen molar-refractivity contribution in [2.75, 3.05) is 5.32 Å². The fourth-order valence-corrected chi connectivity index (χ4v) is 1.01. The van der Waals surface area contributed by atoms with Crippen molar-refractivity contribution in [2.45, 2.75) is 13.0 Å². The molecule has 72 valence electrons. The van der Waals surface area contributed by atoms with E-state index in [0.29, 0.717) is 11.6 Å². The van der Waals surface area contributed by atoms with Gasteiger partial charge in [-0.25, -0.2) is 4.98 Å². The number of nitrogens with one attached hydrogen (secondary N) is 2. The van der Waals surface area contributed by atoms with Crippen LogP contribution in [0.15, 0.2) is 18.6 Å². The molecular weight excluding hydrogens is 182 g/mol. The van der Waals surface area contributed by atoms with Crippen molar-refractivity contribution in [3.05, 3.63) is 24.4 Å². The smallest absolute Gasteiger partial charge is 0.196 e. The first-order valence-corrected chi connectivity index (χ1v) is 4.12. The number of hydrogen-bond acceptors (Lipinski definition) is 6. The summed E-state index contributed by atoms with van der Waals surface area (Å²) in [7, 11) is 0. The molecule has 0 amide bonds. The number of tetrazole rings is 1. The number of hydrogen-bond donors (Lipinski definition) is 2. The quantitative estimate of drug-likeness (QED) is 0.718. The summed E-state index contributed by atoms with van der Waals surface area (Å²) in [4.78, 5) is 8.00. The first-order chi connectivity index (χ1) is 6.86. The summed E-state index contributed by atoms with van der Waals surface area (Å²) in [5, 5.41) is 16.7. The normalized spacial score (nSPS) is 12.4. The van der Waals surface area contributed by atoms with Crippen LogP contribution in [-0.2, 0) is 0 Å². The maximum absolute atomic E-state index is 4.07. The van der Waals surface area contributed by atoms with Crippen LogP contribution in [0.5, 0.6) is 0 Å². The van der Waals surface area contributed by atoms with Crippen LogP contribution in [0.3, 0.4) is 0 Å². The minimum atomic E-state index is -0.0505. The molecule has 0 saturated carbocycles. The van der Waals surface area contributed by atoms with Gasteiger partial charge in [0, 0.05) is 12.4 Å². The van der Waals surface area contributed by atoms with E-state index in [9.17, 15) is 0 Å². The van der Waals surface area contributed by atoms with Gasteiger partial charge in [-0.15, -0.1) is 10.2 Å². The summed E-state index contributed by atoms with van der Waals surface area (Å²) in [5.41, 5.74) is 0. The molecule has 2 heterocycles. The minimum absolute atomic E-state index is 0.0505. The monoisotopic (exact) mass is 191 g/mol. The number of anilines is 1. The predicted octanol–water partition coefficient (Wildman–Crippen LogP) is 0.163. The van der Waals surface area contributed by atoms with E-state index in [1.54, 1.807) is 18.6 Å². The third-order valence-electron chi connectivity index (χ3n) is 1.68. The molecule has 0 bridgehead atoms. The minimum Gasteiger partial charge on any atom is -0.359 e. The Morgan fingerprint density at radius 3 is 3.00 bits per heavy atom. The number of aromatic nitrogens is 6.